The molecule has 6 nitrogen and oxygen atoms in total. The quantitative estimate of drug-likeness (QED) is 0.730. The molecule has 1 aliphatic heterocycles. The summed E-state index contributed by atoms with van der Waals surface area (Å²) in [6, 6.07) is 7.07. The van der Waals surface area contributed by atoms with Gasteiger partial charge in [-0.15, -0.1) is 0 Å². The Morgan fingerprint density at radius 1 is 1.14 bits per heavy atom. The molecule has 1 atom stereocenters. The Hall–Kier alpha value is -2.34. The molecule has 1 heterocycles. The maximum atomic E-state index is 13.0. The van der Waals surface area contributed by atoms with E-state index in [0.29, 0.717) is 25.4 Å². The summed E-state index contributed by atoms with van der Waals surface area (Å²) in [7, 11) is 3.68. The summed E-state index contributed by atoms with van der Waals surface area (Å²) in [5, 5.41) is 2.94. The normalized spacial score (nSPS) is 16.8. The lowest BCUT2D eigenvalue weighted by molar-refractivity contribution is -0.137. The van der Waals surface area contributed by atoms with Gasteiger partial charge in [-0.1, -0.05) is 26.0 Å². The van der Waals surface area contributed by atoms with Crippen molar-refractivity contribution in [3.63, 3.8) is 0 Å². The molecule has 1 aliphatic rings. The van der Waals surface area contributed by atoms with Crippen molar-refractivity contribution in [1.29, 1.82) is 0 Å². The monoisotopic (exact) mass is 387 g/mol. The van der Waals surface area contributed by atoms with Crippen LogP contribution in [-0.2, 0) is 9.59 Å². The minimum atomic E-state index is -0.490. The largest absolute Gasteiger partial charge is 0.497 e. The molecule has 0 saturated carbocycles. The van der Waals surface area contributed by atoms with Crippen molar-refractivity contribution in [3.05, 3.63) is 35.9 Å². The average molecular weight is 388 g/mol. The standard InChI is InChI=1S/C22H33N3O3/c1-16(2)14-20(22(27)25-12-10-24(4)11-13-25)23-21(26)15-17(3)18-6-8-19(28-5)9-7-18/h6-9,15-16,20H,10-14H2,1-5H3,(H,23,26)/b17-15+/t20-/m1/s1. The first-order valence-electron chi connectivity index (χ1n) is 9.90. The number of rotatable bonds is 7. The minimum absolute atomic E-state index is 0.0191. The van der Waals surface area contributed by atoms with Crippen molar-refractivity contribution in [2.24, 2.45) is 5.92 Å². The second-order valence-electron chi connectivity index (χ2n) is 7.88. The number of likely N-dealkylation sites (N-methyl/N-ethyl adjacent to an activating group) is 1. The van der Waals surface area contributed by atoms with Gasteiger partial charge in [0.25, 0.3) is 0 Å². The Kier molecular flexibility index (Phi) is 8.05. The molecule has 0 bridgehead atoms. The highest BCUT2D eigenvalue weighted by Crippen LogP contribution is 2.18. The number of piperazine rings is 1. The Balaban J connectivity index is 2.05. The summed E-state index contributed by atoms with van der Waals surface area (Å²) in [5.74, 6) is 0.872. The lowest BCUT2D eigenvalue weighted by Crippen LogP contribution is -2.54. The summed E-state index contributed by atoms with van der Waals surface area (Å²) < 4.78 is 5.17. The number of hydrogen-bond acceptors (Lipinski definition) is 4. The van der Waals surface area contributed by atoms with Crippen LogP contribution in [0.15, 0.2) is 30.3 Å². The second kappa shape index (κ2) is 10.3. The third-order valence-corrected chi connectivity index (χ3v) is 5.03. The van der Waals surface area contributed by atoms with E-state index < -0.39 is 6.04 Å². The highest BCUT2D eigenvalue weighted by Gasteiger charge is 2.28. The lowest BCUT2D eigenvalue weighted by atomic mass is 10.0. The smallest absolute Gasteiger partial charge is 0.245 e. The fourth-order valence-electron chi connectivity index (χ4n) is 3.29. The number of carbonyl (C=O) groups excluding carboxylic acids is 2. The SMILES string of the molecule is COc1ccc(/C(C)=C/C(=O)N[C@H](CC(C)C)C(=O)N2CCN(C)CC2)cc1. The zero-order chi connectivity index (χ0) is 20.7. The molecule has 0 unspecified atom stereocenters. The van der Waals surface area contributed by atoms with Gasteiger partial charge in [-0.3, -0.25) is 9.59 Å². The van der Waals surface area contributed by atoms with E-state index in [1.807, 2.05) is 36.1 Å². The number of methoxy groups -OCH3 is 1. The fraction of sp³-hybridized carbons (Fsp3) is 0.545. The van der Waals surface area contributed by atoms with Gasteiger partial charge in [-0.2, -0.15) is 0 Å². The van der Waals surface area contributed by atoms with Gasteiger partial charge in [0.1, 0.15) is 11.8 Å². The van der Waals surface area contributed by atoms with Gasteiger partial charge >= 0.3 is 0 Å². The Morgan fingerprint density at radius 3 is 2.29 bits per heavy atom. The van der Waals surface area contributed by atoms with Gasteiger partial charge < -0.3 is 19.9 Å². The van der Waals surface area contributed by atoms with Crippen LogP contribution in [0.2, 0.25) is 0 Å². The van der Waals surface area contributed by atoms with E-state index in [2.05, 4.69) is 31.1 Å². The van der Waals surface area contributed by atoms with Crippen molar-refractivity contribution in [1.82, 2.24) is 15.1 Å². The van der Waals surface area contributed by atoms with E-state index in [1.165, 1.54) is 0 Å². The highest BCUT2D eigenvalue weighted by molar-refractivity contribution is 5.97. The van der Waals surface area contributed by atoms with Gasteiger partial charge in [-0.25, -0.2) is 0 Å². The number of nitrogens with zero attached hydrogens (tertiary/aromatic N) is 2. The molecule has 28 heavy (non-hydrogen) atoms. The molecular formula is C22H33N3O3. The number of nitrogens with one attached hydrogen (secondary N) is 1. The molecule has 1 saturated heterocycles. The maximum absolute atomic E-state index is 13.0. The van der Waals surface area contributed by atoms with Crippen LogP contribution in [0.1, 0.15) is 32.8 Å². The molecule has 2 rings (SSSR count). The van der Waals surface area contributed by atoms with E-state index in [-0.39, 0.29) is 11.8 Å². The number of benzene rings is 1. The van der Waals surface area contributed by atoms with E-state index in [9.17, 15) is 9.59 Å². The third kappa shape index (κ3) is 6.37. The van der Waals surface area contributed by atoms with Crippen molar-refractivity contribution in [2.75, 3.05) is 40.3 Å². The highest BCUT2D eigenvalue weighted by atomic mass is 16.5. The molecule has 154 valence electrons. The van der Waals surface area contributed by atoms with E-state index >= 15 is 0 Å². The zero-order valence-electron chi connectivity index (χ0n) is 17.7. The van der Waals surface area contributed by atoms with Crippen LogP contribution in [0.3, 0.4) is 0 Å². The topological polar surface area (TPSA) is 61.9 Å². The molecule has 1 aromatic carbocycles. The van der Waals surface area contributed by atoms with Gasteiger partial charge in [0.15, 0.2) is 0 Å². The first-order valence-corrected chi connectivity index (χ1v) is 9.90. The van der Waals surface area contributed by atoms with Gasteiger partial charge in [0.2, 0.25) is 11.8 Å². The van der Waals surface area contributed by atoms with Gasteiger partial charge in [-0.05, 0) is 49.6 Å². The minimum Gasteiger partial charge on any atom is -0.497 e. The van der Waals surface area contributed by atoms with Crippen molar-refractivity contribution >= 4 is 17.4 Å². The number of allylic oxidation sites excluding steroid dienone is 1. The molecule has 0 aromatic heterocycles. The predicted octanol–water partition coefficient (Wildman–Crippen LogP) is 2.40. The summed E-state index contributed by atoms with van der Waals surface area (Å²) in [5.41, 5.74) is 1.79. The van der Waals surface area contributed by atoms with E-state index in [4.69, 9.17) is 4.74 Å². The van der Waals surface area contributed by atoms with E-state index in [1.54, 1.807) is 13.2 Å². The molecular weight excluding hydrogens is 354 g/mol. The number of carbonyl (C=O) groups is 2. The number of amides is 2. The number of ether oxygens (including phenoxy) is 1. The third-order valence-electron chi connectivity index (χ3n) is 5.03. The predicted molar refractivity (Wildman–Crippen MR) is 112 cm³/mol. The maximum Gasteiger partial charge on any atom is 0.245 e. The number of hydrogen-bond donors (Lipinski definition) is 1. The van der Waals surface area contributed by atoms with Gasteiger partial charge in [0.05, 0.1) is 7.11 Å². The summed E-state index contributed by atoms with van der Waals surface area (Å²) in [4.78, 5) is 29.6. The Labute approximate surface area is 168 Å². The van der Waals surface area contributed by atoms with Crippen LogP contribution >= 0.6 is 0 Å². The molecule has 1 N–H and O–H groups in total. The van der Waals surface area contributed by atoms with Crippen molar-refractivity contribution in [2.45, 2.75) is 33.2 Å². The molecule has 0 spiro atoms. The fourth-order valence-corrected chi connectivity index (χ4v) is 3.29. The first-order chi connectivity index (χ1) is 13.3. The first kappa shape index (κ1) is 22.0. The van der Waals surface area contributed by atoms with Crippen LogP contribution in [-0.4, -0.2) is 68.0 Å². The molecule has 1 aromatic rings. The van der Waals surface area contributed by atoms with Crippen molar-refractivity contribution < 1.29 is 14.3 Å². The van der Waals surface area contributed by atoms with Crippen LogP contribution in [0, 0.1) is 5.92 Å². The molecule has 0 aliphatic carbocycles. The van der Waals surface area contributed by atoms with Crippen molar-refractivity contribution in [3.8, 4) is 5.75 Å². The van der Waals surface area contributed by atoms with Gasteiger partial charge in [0, 0.05) is 32.3 Å². The van der Waals surface area contributed by atoms with Crippen LogP contribution in [0.5, 0.6) is 5.75 Å². The van der Waals surface area contributed by atoms with Crippen LogP contribution in [0.25, 0.3) is 5.57 Å². The summed E-state index contributed by atoms with van der Waals surface area (Å²) in [6.07, 6.45) is 2.19. The Morgan fingerprint density at radius 2 is 1.75 bits per heavy atom. The molecule has 0 radical (unpaired) electrons. The molecule has 2 amide bonds. The van der Waals surface area contributed by atoms with Crippen LogP contribution in [0.4, 0.5) is 0 Å². The molecule has 6 heteroatoms. The zero-order valence-corrected chi connectivity index (χ0v) is 17.7. The summed E-state index contributed by atoms with van der Waals surface area (Å²) in [6.45, 7) is 9.17. The van der Waals surface area contributed by atoms with Crippen LogP contribution < -0.4 is 10.1 Å². The Bertz CT molecular complexity index is 689. The molecule has 1 fully saturated rings. The second-order valence-corrected chi connectivity index (χ2v) is 7.88. The van der Waals surface area contributed by atoms with E-state index in [0.717, 1.165) is 30.0 Å². The average Bonchev–Trinajstić information content (AvgIpc) is 2.67. The lowest BCUT2D eigenvalue weighted by Gasteiger charge is -2.35. The summed E-state index contributed by atoms with van der Waals surface area (Å²) >= 11 is 0.